The standard InChI is InChI=1S/C20H23N5O2/c26-15-11-20(14-25(13-15)18-12-21-6-7-22-18)3-8-24(9-4-20)19-16-2-10-27-17(16)1-5-23-19/h1-2,5-7,10,12,15,26H,3-4,8-9,11,13-14H2. The van der Waals surface area contributed by atoms with Crippen molar-refractivity contribution in [3.05, 3.63) is 43.2 Å². The van der Waals surface area contributed by atoms with E-state index >= 15 is 0 Å². The Bertz CT molecular complexity index is 920. The first kappa shape index (κ1) is 16.5. The fraction of sp³-hybridized carbons (Fsp3) is 0.450. The smallest absolute Gasteiger partial charge is 0.147 e. The average molecular weight is 365 g/mol. The average Bonchev–Trinajstić information content (AvgIpc) is 3.18. The molecule has 5 heterocycles. The van der Waals surface area contributed by atoms with Gasteiger partial charge in [-0.25, -0.2) is 9.97 Å². The predicted molar refractivity (Wildman–Crippen MR) is 103 cm³/mol. The fourth-order valence-corrected chi connectivity index (χ4v) is 4.67. The molecule has 2 saturated heterocycles. The molecule has 0 radical (unpaired) electrons. The summed E-state index contributed by atoms with van der Waals surface area (Å²) in [5.74, 6) is 1.85. The Morgan fingerprint density at radius 3 is 2.78 bits per heavy atom. The van der Waals surface area contributed by atoms with Crippen molar-refractivity contribution in [1.29, 1.82) is 0 Å². The van der Waals surface area contributed by atoms with Crippen molar-refractivity contribution in [2.45, 2.75) is 25.4 Å². The normalized spacial score (nSPS) is 22.5. The summed E-state index contributed by atoms with van der Waals surface area (Å²) in [5.41, 5.74) is 0.984. The Morgan fingerprint density at radius 2 is 1.96 bits per heavy atom. The lowest BCUT2D eigenvalue weighted by Crippen LogP contribution is -2.54. The number of furan rings is 1. The van der Waals surface area contributed by atoms with E-state index in [1.807, 2.05) is 18.3 Å². The largest absolute Gasteiger partial charge is 0.464 e. The van der Waals surface area contributed by atoms with Crippen molar-refractivity contribution >= 4 is 22.6 Å². The van der Waals surface area contributed by atoms with Crippen LogP contribution >= 0.6 is 0 Å². The minimum absolute atomic E-state index is 0.107. The number of β-amino-alcohol motifs (C(OH)–C–C–N with tert-alkyl or cyclic N) is 1. The molecule has 27 heavy (non-hydrogen) atoms. The minimum Gasteiger partial charge on any atom is -0.464 e. The molecule has 0 bridgehead atoms. The maximum absolute atomic E-state index is 10.5. The summed E-state index contributed by atoms with van der Waals surface area (Å²) >= 11 is 0. The first-order valence-corrected chi connectivity index (χ1v) is 9.49. The zero-order valence-electron chi connectivity index (χ0n) is 15.2. The lowest BCUT2D eigenvalue weighted by molar-refractivity contribution is 0.0595. The van der Waals surface area contributed by atoms with Crippen LogP contribution in [0.4, 0.5) is 11.6 Å². The van der Waals surface area contributed by atoms with Gasteiger partial charge >= 0.3 is 0 Å². The Hall–Kier alpha value is -2.67. The molecule has 0 aliphatic carbocycles. The van der Waals surface area contributed by atoms with E-state index < -0.39 is 0 Å². The summed E-state index contributed by atoms with van der Waals surface area (Å²) in [6.45, 7) is 3.40. The van der Waals surface area contributed by atoms with Crippen molar-refractivity contribution in [1.82, 2.24) is 15.0 Å². The maximum Gasteiger partial charge on any atom is 0.147 e. The molecule has 1 atom stereocenters. The third-order valence-corrected chi connectivity index (χ3v) is 5.98. The van der Waals surface area contributed by atoms with Gasteiger partial charge in [0.1, 0.15) is 17.2 Å². The van der Waals surface area contributed by atoms with Gasteiger partial charge in [0.2, 0.25) is 0 Å². The number of aliphatic hydroxyl groups excluding tert-OH is 1. The van der Waals surface area contributed by atoms with Gasteiger partial charge in [0, 0.05) is 44.8 Å². The molecule has 0 amide bonds. The second-order valence-corrected chi connectivity index (χ2v) is 7.76. The second kappa shape index (κ2) is 6.49. The molecule has 140 valence electrons. The van der Waals surface area contributed by atoms with Crippen LogP contribution in [0.5, 0.6) is 0 Å². The third-order valence-electron chi connectivity index (χ3n) is 5.98. The van der Waals surface area contributed by atoms with Crippen LogP contribution in [0.2, 0.25) is 0 Å². The van der Waals surface area contributed by atoms with Crippen LogP contribution < -0.4 is 9.80 Å². The van der Waals surface area contributed by atoms with Gasteiger partial charge in [-0.3, -0.25) is 4.98 Å². The molecule has 2 fully saturated rings. The molecule has 0 aromatic carbocycles. The van der Waals surface area contributed by atoms with Crippen molar-refractivity contribution < 1.29 is 9.52 Å². The van der Waals surface area contributed by atoms with Gasteiger partial charge in [-0.15, -0.1) is 0 Å². The maximum atomic E-state index is 10.5. The van der Waals surface area contributed by atoms with Crippen LogP contribution in [0, 0.1) is 5.41 Å². The van der Waals surface area contributed by atoms with Crippen LogP contribution in [0.3, 0.4) is 0 Å². The molecular weight excluding hydrogens is 342 g/mol. The Balaban J connectivity index is 1.35. The number of aliphatic hydroxyl groups is 1. The van der Waals surface area contributed by atoms with Crippen molar-refractivity contribution in [2.24, 2.45) is 5.41 Å². The van der Waals surface area contributed by atoms with E-state index in [-0.39, 0.29) is 11.5 Å². The highest BCUT2D eigenvalue weighted by molar-refractivity contribution is 5.88. The number of fused-ring (bicyclic) bond motifs is 1. The molecule has 2 aliphatic heterocycles. The van der Waals surface area contributed by atoms with Crippen molar-refractivity contribution in [3.63, 3.8) is 0 Å². The predicted octanol–water partition coefficient (Wildman–Crippen LogP) is 2.48. The topological polar surface area (TPSA) is 78.5 Å². The van der Waals surface area contributed by atoms with Crippen molar-refractivity contribution in [3.8, 4) is 0 Å². The monoisotopic (exact) mass is 365 g/mol. The van der Waals surface area contributed by atoms with Crippen molar-refractivity contribution in [2.75, 3.05) is 36.0 Å². The molecule has 1 N–H and O–H groups in total. The van der Waals surface area contributed by atoms with Gasteiger partial charge < -0.3 is 19.3 Å². The molecule has 3 aromatic heterocycles. The quantitative estimate of drug-likeness (QED) is 0.747. The van der Waals surface area contributed by atoms with Gasteiger partial charge in [-0.1, -0.05) is 0 Å². The fourth-order valence-electron chi connectivity index (χ4n) is 4.67. The lowest BCUT2D eigenvalue weighted by Gasteiger charge is -2.49. The zero-order chi connectivity index (χ0) is 18.3. The Labute approximate surface area is 157 Å². The van der Waals surface area contributed by atoms with Crippen LogP contribution in [-0.4, -0.2) is 52.3 Å². The highest BCUT2D eigenvalue weighted by Crippen LogP contribution is 2.42. The van der Waals surface area contributed by atoms with Gasteiger partial charge in [-0.2, -0.15) is 0 Å². The number of pyridine rings is 1. The van der Waals surface area contributed by atoms with Gasteiger partial charge in [-0.05, 0) is 36.8 Å². The van der Waals surface area contributed by atoms with E-state index in [1.54, 1.807) is 24.9 Å². The minimum atomic E-state index is -0.331. The summed E-state index contributed by atoms with van der Waals surface area (Å²) in [4.78, 5) is 17.7. The number of hydrogen-bond acceptors (Lipinski definition) is 7. The van der Waals surface area contributed by atoms with E-state index in [4.69, 9.17) is 4.42 Å². The summed E-state index contributed by atoms with van der Waals surface area (Å²) in [6, 6.07) is 3.89. The van der Waals surface area contributed by atoms with Gasteiger partial charge in [0.25, 0.3) is 0 Å². The molecular formula is C20H23N5O2. The molecule has 5 rings (SSSR count). The number of hydrogen-bond donors (Lipinski definition) is 1. The van der Waals surface area contributed by atoms with E-state index in [9.17, 15) is 5.11 Å². The number of piperidine rings is 2. The third kappa shape index (κ3) is 3.02. The first-order chi connectivity index (χ1) is 13.2. The first-order valence-electron chi connectivity index (χ1n) is 9.49. The highest BCUT2D eigenvalue weighted by Gasteiger charge is 2.42. The van der Waals surface area contributed by atoms with Crippen LogP contribution in [-0.2, 0) is 0 Å². The van der Waals surface area contributed by atoms with Crippen LogP contribution in [0.1, 0.15) is 19.3 Å². The molecule has 1 spiro atoms. The van der Waals surface area contributed by atoms with E-state index in [2.05, 4.69) is 24.8 Å². The number of aromatic nitrogens is 3. The second-order valence-electron chi connectivity index (χ2n) is 7.76. The van der Waals surface area contributed by atoms with E-state index in [0.29, 0.717) is 6.54 Å². The molecule has 2 aliphatic rings. The Morgan fingerprint density at radius 1 is 1.07 bits per heavy atom. The zero-order valence-corrected chi connectivity index (χ0v) is 15.2. The van der Waals surface area contributed by atoms with Crippen LogP contribution in [0.25, 0.3) is 11.0 Å². The Kier molecular flexibility index (Phi) is 3.97. The van der Waals surface area contributed by atoms with E-state index in [1.165, 1.54) is 0 Å². The molecule has 3 aromatic rings. The number of rotatable bonds is 2. The number of anilines is 2. The molecule has 0 saturated carbocycles. The number of nitrogens with zero attached hydrogens (tertiary/aromatic N) is 5. The van der Waals surface area contributed by atoms with E-state index in [0.717, 1.165) is 61.5 Å². The SMILES string of the molecule is OC1CN(c2cnccn2)CC2(CCN(c3nccc4occc34)CC2)C1. The molecule has 7 heteroatoms. The summed E-state index contributed by atoms with van der Waals surface area (Å²) in [5, 5.41) is 11.6. The summed E-state index contributed by atoms with van der Waals surface area (Å²) in [7, 11) is 0. The molecule has 1 unspecified atom stereocenters. The summed E-state index contributed by atoms with van der Waals surface area (Å²) in [6.07, 6.45) is 11.3. The van der Waals surface area contributed by atoms with Gasteiger partial charge in [0.15, 0.2) is 0 Å². The van der Waals surface area contributed by atoms with Crippen LogP contribution in [0.15, 0.2) is 47.6 Å². The van der Waals surface area contributed by atoms with Gasteiger partial charge in [0.05, 0.1) is 24.0 Å². The molecule has 7 nitrogen and oxygen atoms in total. The highest BCUT2D eigenvalue weighted by atomic mass is 16.3. The summed E-state index contributed by atoms with van der Waals surface area (Å²) < 4.78 is 5.52. The lowest BCUT2D eigenvalue weighted by atomic mass is 9.71.